The molecule has 21 heavy (non-hydrogen) atoms. The molecule has 0 saturated heterocycles. The lowest BCUT2D eigenvalue weighted by Crippen LogP contribution is -2.55. The van der Waals surface area contributed by atoms with Crippen LogP contribution in [0.4, 0.5) is 0 Å². The smallest absolute Gasteiger partial charge is 0.0214 e. The Labute approximate surface area is 129 Å². The van der Waals surface area contributed by atoms with Gasteiger partial charge in [-0.2, -0.15) is 0 Å². The Morgan fingerprint density at radius 2 is 1.86 bits per heavy atom. The fourth-order valence-corrected chi connectivity index (χ4v) is 5.81. The highest BCUT2D eigenvalue weighted by atomic mass is 14.6. The first kappa shape index (κ1) is 13.6. The molecule has 3 aliphatic rings. The number of allylic oxidation sites excluding steroid dienone is 2. The van der Waals surface area contributed by atoms with Crippen LogP contribution < -0.4 is 0 Å². The fraction of sp³-hybridized carbons (Fsp3) is 0.619. The highest BCUT2D eigenvalue weighted by Crippen LogP contribution is 2.62. The van der Waals surface area contributed by atoms with E-state index in [9.17, 15) is 0 Å². The highest BCUT2D eigenvalue weighted by Gasteiger charge is 2.57. The van der Waals surface area contributed by atoms with Crippen molar-refractivity contribution in [2.75, 3.05) is 0 Å². The Morgan fingerprint density at radius 1 is 1.14 bits per heavy atom. The Kier molecular flexibility index (Phi) is 2.75. The summed E-state index contributed by atoms with van der Waals surface area (Å²) >= 11 is 0. The van der Waals surface area contributed by atoms with E-state index in [2.05, 4.69) is 45.9 Å². The molecular formula is C21H28. The van der Waals surface area contributed by atoms with E-state index in [0.717, 1.165) is 5.92 Å². The Morgan fingerprint density at radius 3 is 2.57 bits per heavy atom. The zero-order valence-corrected chi connectivity index (χ0v) is 14.1. The van der Waals surface area contributed by atoms with E-state index in [1.54, 1.807) is 27.8 Å². The lowest BCUT2D eigenvalue weighted by Gasteiger charge is -2.60. The maximum atomic E-state index is 2.66. The van der Waals surface area contributed by atoms with Crippen LogP contribution in [0.1, 0.15) is 69.2 Å². The standard InChI is InChI=1S/C21H28/c1-5-6-15-9-16-12-20(3,4)18-8-7-14(2)11-21(18)13-17(10-15)19(16)21/h9-11,18H,5-8,12-13H2,1-4H3/t18?,21-/m0/s1. The van der Waals surface area contributed by atoms with Crippen molar-refractivity contribution in [1.29, 1.82) is 0 Å². The molecule has 1 aromatic rings. The predicted molar refractivity (Wildman–Crippen MR) is 89.8 cm³/mol. The minimum atomic E-state index is 0.402. The average molecular weight is 280 g/mol. The van der Waals surface area contributed by atoms with E-state index in [-0.39, 0.29) is 0 Å². The molecule has 0 heterocycles. The molecule has 4 rings (SSSR count). The summed E-state index contributed by atoms with van der Waals surface area (Å²) in [5.41, 5.74) is 9.14. The first-order chi connectivity index (χ1) is 9.96. The molecule has 112 valence electrons. The molecular weight excluding hydrogens is 252 g/mol. The summed E-state index contributed by atoms with van der Waals surface area (Å²) < 4.78 is 0. The molecule has 0 bridgehead atoms. The lowest BCUT2D eigenvalue weighted by atomic mass is 9.43. The van der Waals surface area contributed by atoms with Gasteiger partial charge in [0.1, 0.15) is 0 Å². The van der Waals surface area contributed by atoms with E-state index >= 15 is 0 Å². The summed E-state index contributed by atoms with van der Waals surface area (Å²) in [5, 5.41) is 0. The third kappa shape index (κ3) is 1.74. The second kappa shape index (κ2) is 4.24. The van der Waals surface area contributed by atoms with Crippen molar-refractivity contribution in [1.82, 2.24) is 0 Å². The fourth-order valence-electron chi connectivity index (χ4n) is 5.81. The van der Waals surface area contributed by atoms with Gasteiger partial charge in [-0.1, -0.05) is 51.0 Å². The van der Waals surface area contributed by atoms with Crippen LogP contribution in [0.5, 0.6) is 0 Å². The third-order valence-corrected chi connectivity index (χ3v) is 6.39. The quantitative estimate of drug-likeness (QED) is 0.639. The molecule has 1 spiro atoms. The van der Waals surface area contributed by atoms with Gasteiger partial charge in [0.15, 0.2) is 0 Å². The van der Waals surface area contributed by atoms with Crippen LogP contribution >= 0.6 is 0 Å². The van der Waals surface area contributed by atoms with E-state index in [4.69, 9.17) is 0 Å². The summed E-state index contributed by atoms with van der Waals surface area (Å²) in [6.45, 7) is 9.66. The molecule has 0 radical (unpaired) electrons. The van der Waals surface area contributed by atoms with Crippen molar-refractivity contribution in [3.8, 4) is 0 Å². The monoisotopic (exact) mass is 280 g/mol. The molecule has 0 fully saturated rings. The number of benzene rings is 1. The molecule has 0 heteroatoms. The van der Waals surface area contributed by atoms with Crippen LogP contribution in [0.2, 0.25) is 0 Å². The van der Waals surface area contributed by atoms with E-state index < -0.39 is 0 Å². The van der Waals surface area contributed by atoms with Gasteiger partial charge in [0.05, 0.1) is 0 Å². The van der Waals surface area contributed by atoms with Gasteiger partial charge in [0.2, 0.25) is 0 Å². The van der Waals surface area contributed by atoms with Crippen LogP contribution in [0.3, 0.4) is 0 Å². The Bertz CT molecular complexity index is 632. The first-order valence-electron chi connectivity index (χ1n) is 8.80. The van der Waals surface area contributed by atoms with Gasteiger partial charge in [-0.3, -0.25) is 0 Å². The Balaban J connectivity index is 1.90. The van der Waals surface area contributed by atoms with Crippen molar-refractivity contribution in [2.45, 2.75) is 71.6 Å². The normalized spacial score (nSPS) is 31.8. The van der Waals surface area contributed by atoms with E-state index in [1.165, 1.54) is 38.5 Å². The number of hydrogen-bond acceptors (Lipinski definition) is 0. The van der Waals surface area contributed by atoms with Crippen molar-refractivity contribution in [2.24, 2.45) is 11.3 Å². The molecule has 3 aliphatic carbocycles. The maximum absolute atomic E-state index is 2.66. The van der Waals surface area contributed by atoms with Gasteiger partial charge in [-0.25, -0.2) is 0 Å². The maximum Gasteiger partial charge on any atom is 0.0214 e. The van der Waals surface area contributed by atoms with Gasteiger partial charge in [-0.15, -0.1) is 0 Å². The second-order valence-corrected chi connectivity index (χ2v) is 8.50. The topological polar surface area (TPSA) is 0 Å². The summed E-state index contributed by atoms with van der Waals surface area (Å²) in [4.78, 5) is 0. The molecule has 0 N–H and O–H groups in total. The minimum Gasteiger partial charge on any atom is -0.0764 e. The molecule has 0 nitrogen and oxygen atoms in total. The zero-order chi connectivity index (χ0) is 14.8. The summed E-state index contributed by atoms with van der Waals surface area (Å²) in [7, 11) is 0. The van der Waals surface area contributed by atoms with Crippen molar-refractivity contribution in [3.05, 3.63) is 46.0 Å². The molecule has 1 aromatic carbocycles. The van der Waals surface area contributed by atoms with E-state index in [0.29, 0.717) is 10.8 Å². The molecule has 1 unspecified atom stereocenters. The SMILES string of the molecule is CCCc1cc2c3c(c1)C[C@]31C=C(C)CCC1C(C)(C)C2. The van der Waals surface area contributed by atoms with Crippen LogP contribution in [0, 0.1) is 11.3 Å². The largest absolute Gasteiger partial charge is 0.0764 e. The summed E-state index contributed by atoms with van der Waals surface area (Å²) in [6, 6.07) is 5.06. The number of hydrogen-bond donors (Lipinski definition) is 0. The first-order valence-corrected chi connectivity index (χ1v) is 8.80. The predicted octanol–water partition coefficient (Wildman–Crippen LogP) is 5.37. The summed E-state index contributed by atoms with van der Waals surface area (Å²) in [5.74, 6) is 0.853. The van der Waals surface area contributed by atoms with Gasteiger partial charge < -0.3 is 0 Å². The van der Waals surface area contributed by atoms with Gasteiger partial charge in [0.25, 0.3) is 0 Å². The molecule has 2 atom stereocenters. The van der Waals surface area contributed by atoms with Crippen LogP contribution in [0.25, 0.3) is 0 Å². The van der Waals surface area contributed by atoms with Crippen LogP contribution in [-0.4, -0.2) is 0 Å². The second-order valence-electron chi connectivity index (χ2n) is 8.50. The lowest BCUT2D eigenvalue weighted by molar-refractivity contribution is 0.0816. The van der Waals surface area contributed by atoms with Crippen molar-refractivity contribution < 1.29 is 0 Å². The highest BCUT2D eigenvalue weighted by molar-refractivity contribution is 5.59. The number of aryl methyl sites for hydroxylation is 1. The van der Waals surface area contributed by atoms with Gasteiger partial charge in [0, 0.05) is 5.41 Å². The van der Waals surface area contributed by atoms with Gasteiger partial charge in [-0.05, 0) is 72.6 Å². The van der Waals surface area contributed by atoms with Crippen LogP contribution in [0.15, 0.2) is 23.8 Å². The molecule has 0 aromatic heterocycles. The summed E-state index contributed by atoms with van der Waals surface area (Å²) in [6.07, 6.45) is 10.5. The Hall–Kier alpha value is -1.04. The zero-order valence-electron chi connectivity index (χ0n) is 14.1. The third-order valence-electron chi connectivity index (χ3n) is 6.39. The van der Waals surface area contributed by atoms with Gasteiger partial charge >= 0.3 is 0 Å². The van der Waals surface area contributed by atoms with E-state index in [1.807, 2.05) is 0 Å². The average Bonchev–Trinajstić information content (AvgIpc) is 2.35. The molecule has 0 amide bonds. The van der Waals surface area contributed by atoms with Crippen molar-refractivity contribution in [3.63, 3.8) is 0 Å². The van der Waals surface area contributed by atoms with Crippen LogP contribution in [-0.2, 0) is 24.7 Å². The van der Waals surface area contributed by atoms with Crippen molar-refractivity contribution >= 4 is 0 Å². The minimum absolute atomic E-state index is 0.402. The molecule has 0 saturated carbocycles. The number of rotatable bonds is 2. The molecule has 0 aliphatic heterocycles.